The number of methoxy groups -OCH3 is 1. The number of rotatable bonds is 5. The normalized spacial score (nSPS) is 21.1. The van der Waals surface area contributed by atoms with E-state index in [1.54, 1.807) is 24.1 Å². The number of hydrogen-bond acceptors (Lipinski definition) is 7. The van der Waals surface area contributed by atoms with Gasteiger partial charge in [-0.15, -0.1) is 0 Å². The molecule has 1 aliphatic carbocycles. The summed E-state index contributed by atoms with van der Waals surface area (Å²) in [5.74, 6) is -0.502. The van der Waals surface area contributed by atoms with Gasteiger partial charge in [0.25, 0.3) is 5.69 Å². The maximum absolute atomic E-state index is 13.2. The van der Waals surface area contributed by atoms with Crippen LogP contribution in [0.5, 0.6) is 0 Å². The van der Waals surface area contributed by atoms with Crippen LogP contribution in [-0.4, -0.2) is 35.9 Å². The molecule has 0 radical (unpaired) electrons. The van der Waals surface area contributed by atoms with Crippen LogP contribution in [0.1, 0.15) is 38.2 Å². The number of allylic oxidation sites excluding steroid dienone is 3. The van der Waals surface area contributed by atoms with Crippen molar-refractivity contribution in [1.29, 1.82) is 5.26 Å². The van der Waals surface area contributed by atoms with Gasteiger partial charge in [-0.1, -0.05) is 26.0 Å². The Hall–Kier alpha value is -3.18. The van der Waals surface area contributed by atoms with E-state index in [1.807, 2.05) is 13.8 Å². The predicted molar refractivity (Wildman–Crippen MR) is 106 cm³/mol. The zero-order valence-electron chi connectivity index (χ0n) is 16.8. The SMILES string of the molecule is COCCN1C(N)=C(C#N)[C@H](c2cccc([N+](=O)[O-])c2)C2=C1CC(C)(C)CC2=O. The molecule has 0 spiro atoms. The minimum absolute atomic E-state index is 0.0598. The highest BCUT2D eigenvalue weighted by atomic mass is 16.6. The molecule has 0 fully saturated rings. The van der Waals surface area contributed by atoms with E-state index in [0.717, 1.165) is 5.70 Å². The lowest BCUT2D eigenvalue weighted by atomic mass is 9.68. The smallest absolute Gasteiger partial charge is 0.269 e. The van der Waals surface area contributed by atoms with Crippen LogP contribution in [0.15, 0.2) is 46.9 Å². The van der Waals surface area contributed by atoms with Crippen LogP contribution >= 0.6 is 0 Å². The van der Waals surface area contributed by atoms with Crippen molar-refractivity contribution in [1.82, 2.24) is 4.90 Å². The Morgan fingerprint density at radius 2 is 2.14 bits per heavy atom. The van der Waals surface area contributed by atoms with E-state index in [0.29, 0.717) is 37.1 Å². The summed E-state index contributed by atoms with van der Waals surface area (Å²) in [4.78, 5) is 25.8. The molecule has 0 aromatic heterocycles. The Morgan fingerprint density at radius 3 is 2.76 bits per heavy atom. The summed E-state index contributed by atoms with van der Waals surface area (Å²) < 4.78 is 5.19. The first-order chi connectivity index (χ1) is 13.7. The number of carbonyl (C=O) groups excluding carboxylic acids is 1. The lowest BCUT2D eigenvalue weighted by Crippen LogP contribution is -2.43. The van der Waals surface area contributed by atoms with Crippen molar-refractivity contribution < 1.29 is 14.5 Å². The van der Waals surface area contributed by atoms with Gasteiger partial charge in [-0.2, -0.15) is 5.26 Å². The van der Waals surface area contributed by atoms with E-state index in [9.17, 15) is 20.2 Å². The van der Waals surface area contributed by atoms with Gasteiger partial charge >= 0.3 is 0 Å². The number of nitriles is 1. The third-order valence-corrected chi connectivity index (χ3v) is 5.42. The second-order valence-electron chi connectivity index (χ2n) is 8.14. The lowest BCUT2D eigenvalue weighted by Gasteiger charge is -2.43. The Balaban J connectivity index is 2.23. The summed E-state index contributed by atoms with van der Waals surface area (Å²) in [5, 5.41) is 21.1. The topological polar surface area (TPSA) is 122 Å². The minimum Gasteiger partial charge on any atom is -0.384 e. The average molecular weight is 396 g/mol. The maximum atomic E-state index is 13.2. The third-order valence-electron chi connectivity index (χ3n) is 5.42. The minimum atomic E-state index is -0.711. The maximum Gasteiger partial charge on any atom is 0.269 e. The third kappa shape index (κ3) is 3.74. The molecule has 1 atom stereocenters. The summed E-state index contributed by atoms with van der Waals surface area (Å²) in [6.45, 7) is 4.83. The number of nitrogens with zero attached hydrogens (tertiary/aromatic N) is 3. The van der Waals surface area contributed by atoms with Gasteiger partial charge in [0.05, 0.1) is 29.1 Å². The van der Waals surface area contributed by atoms with Crippen LogP contribution in [0.3, 0.4) is 0 Å². The van der Waals surface area contributed by atoms with E-state index in [4.69, 9.17) is 10.5 Å². The Morgan fingerprint density at radius 1 is 1.41 bits per heavy atom. The Bertz CT molecular complexity index is 971. The summed E-state index contributed by atoms with van der Waals surface area (Å²) in [7, 11) is 1.58. The van der Waals surface area contributed by atoms with Crippen LogP contribution in [0.2, 0.25) is 0 Å². The summed E-state index contributed by atoms with van der Waals surface area (Å²) in [6.07, 6.45) is 0.955. The van der Waals surface area contributed by atoms with Crippen LogP contribution < -0.4 is 5.73 Å². The monoisotopic (exact) mass is 396 g/mol. The molecule has 1 aliphatic heterocycles. The number of hydrogen-bond donors (Lipinski definition) is 1. The van der Waals surface area contributed by atoms with Crippen molar-refractivity contribution in [3.05, 3.63) is 62.6 Å². The fourth-order valence-corrected chi connectivity index (χ4v) is 4.16. The van der Waals surface area contributed by atoms with Gasteiger partial charge in [0.1, 0.15) is 5.82 Å². The molecule has 0 saturated heterocycles. The Kier molecular flexibility index (Phi) is 5.44. The van der Waals surface area contributed by atoms with Gasteiger partial charge < -0.3 is 15.4 Å². The molecule has 2 N–H and O–H groups in total. The molecule has 1 aromatic rings. The molecule has 0 unspecified atom stereocenters. The van der Waals surface area contributed by atoms with Gasteiger partial charge in [0.15, 0.2) is 5.78 Å². The van der Waals surface area contributed by atoms with Crippen molar-refractivity contribution >= 4 is 11.5 Å². The predicted octanol–water partition coefficient (Wildman–Crippen LogP) is 2.98. The molecule has 8 nitrogen and oxygen atoms in total. The fraction of sp³-hybridized carbons (Fsp3) is 0.429. The quantitative estimate of drug-likeness (QED) is 0.599. The first-order valence-electron chi connectivity index (χ1n) is 9.37. The van der Waals surface area contributed by atoms with Crippen molar-refractivity contribution in [2.24, 2.45) is 11.1 Å². The van der Waals surface area contributed by atoms with Crippen molar-refractivity contribution in [2.75, 3.05) is 20.3 Å². The summed E-state index contributed by atoms with van der Waals surface area (Å²) >= 11 is 0. The van der Waals surface area contributed by atoms with Crippen LogP contribution in [0, 0.1) is 26.9 Å². The highest BCUT2D eigenvalue weighted by Crippen LogP contribution is 2.49. The largest absolute Gasteiger partial charge is 0.384 e. The molecule has 2 aliphatic rings. The second kappa shape index (κ2) is 7.68. The van der Waals surface area contributed by atoms with E-state index in [1.165, 1.54) is 12.1 Å². The van der Waals surface area contributed by atoms with Crippen LogP contribution in [0.4, 0.5) is 5.69 Å². The number of nitro benzene ring substituents is 1. The van der Waals surface area contributed by atoms with Crippen molar-refractivity contribution in [3.63, 3.8) is 0 Å². The zero-order valence-corrected chi connectivity index (χ0v) is 16.8. The van der Waals surface area contributed by atoms with Gasteiger partial charge in [0, 0.05) is 43.5 Å². The van der Waals surface area contributed by atoms with Crippen LogP contribution in [-0.2, 0) is 9.53 Å². The molecule has 3 rings (SSSR count). The van der Waals surface area contributed by atoms with E-state index >= 15 is 0 Å². The number of nitrogens with two attached hydrogens (primary N) is 1. The lowest BCUT2D eigenvalue weighted by molar-refractivity contribution is -0.384. The zero-order chi connectivity index (χ0) is 21.3. The summed E-state index contributed by atoms with van der Waals surface area (Å²) in [6, 6.07) is 8.21. The number of ether oxygens (including phenoxy) is 1. The van der Waals surface area contributed by atoms with Crippen molar-refractivity contribution in [2.45, 2.75) is 32.6 Å². The number of benzene rings is 1. The standard InChI is InChI=1S/C21H24N4O4/c1-21(2)10-16-19(17(26)11-21)18(13-5-4-6-14(9-13)25(27)28)15(12-22)20(23)24(16)7-8-29-3/h4-6,9,18H,7-8,10-11,23H2,1-3H3/t18-/m0/s1. The molecule has 29 heavy (non-hydrogen) atoms. The number of Topliss-reactive ketones (excluding diaryl/α,β-unsaturated/α-hetero) is 1. The first-order valence-corrected chi connectivity index (χ1v) is 9.37. The Labute approximate surface area is 169 Å². The van der Waals surface area contributed by atoms with Gasteiger partial charge in [0.2, 0.25) is 0 Å². The number of nitro groups is 1. The highest BCUT2D eigenvalue weighted by molar-refractivity contribution is 6.00. The number of ketones is 1. The van der Waals surface area contributed by atoms with E-state index in [2.05, 4.69) is 6.07 Å². The van der Waals surface area contributed by atoms with Gasteiger partial charge in [-0.3, -0.25) is 14.9 Å². The average Bonchev–Trinajstić information content (AvgIpc) is 2.65. The molecule has 0 saturated carbocycles. The van der Waals surface area contributed by atoms with E-state index in [-0.39, 0.29) is 28.3 Å². The first kappa shape index (κ1) is 20.6. The summed E-state index contributed by atoms with van der Waals surface area (Å²) in [5.41, 5.74) is 8.08. The van der Waals surface area contributed by atoms with Gasteiger partial charge in [-0.05, 0) is 17.4 Å². The molecular weight excluding hydrogens is 372 g/mol. The van der Waals surface area contributed by atoms with Gasteiger partial charge in [-0.25, -0.2) is 0 Å². The fourth-order valence-electron chi connectivity index (χ4n) is 4.16. The molecular formula is C21H24N4O4. The molecule has 152 valence electrons. The molecule has 8 heteroatoms. The molecule has 1 aromatic carbocycles. The van der Waals surface area contributed by atoms with Crippen molar-refractivity contribution in [3.8, 4) is 6.07 Å². The highest BCUT2D eigenvalue weighted by Gasteiger charge is 2.44. The van der Waals surface area contributed by atoms with E-state index < -0.39 is 10.8 Å². The molecule has 0 bridgehead atoms. The molecule has 0 amide bonds. The second-order valence-corrected chi connectivity index (χ2v) is 8.14. The molecule has 1 heterocycles. The number of non-ortho nitro benzene ring substituents is 1. The van der Waals surface area contributed by atoms with Crippen LogP contribution in [0.25, 0.3) is 0 Å². The number of carbonyl (C=O) groups is 1.